The number of carbonyl (C=O) groups is 1. The van der Waals surface area contributed by atoms with E-state index < -0.39 is 0 Å². The number of rotatable bonds is 4. The minimum atomic E-state index is 0.0107. The van der Waals surface area contributed by atoms with Gasteiger partial charge >= 0.3 is 0 Å². The van der Waals surface area contributed by atoms with Crippen LogP contribution >= 0.6 is 22.9 Å². The fraction of sp³-hybridized carbons (Fsp3) is 0.214. The van der Waals surface area contributed by atoms with Crippen LogP contribution in [0.1, 0.15) is 15.2 Å². The summed E-state index contributed by atoms with van der Waals surface area (Å²) in [6.07, 6.45) is 0. The van der Waals surface area contributed by atoms with Gasteiger partial charge in [0.15, 0.2) is 0 Å². The molecule has 0 saturated carbocycles. The molecule has 0 aliphatic rings. The van der Waals surface area contributed by atoms with Crippen LogP contribution in [0.3, 0.4) is 0 Å². The van der Waals surface area contributed by atoms with Crippen LogP contribution < -0.4 is 5.32 Å². The smallest absolute Gasteiger partial charge is 0.253 e. The normalized spacial score (nSPS) is 10.3. The first-order valence-electron chi connectivity index (χ1n) is 5.86. The van der Waals surface area contributed by atoms with E-state index in [1.165, 1.54) is 4.88 Å². The van der Waals surface area contributed by atoms with Crippen molar-refractivity contribution in [2.24, 2.45) is 0 Å². The molecular formula is C14H15ClN2OS. The minimum absolute atomic E-state index is 0.0107. The van der Waals surface area contributed by atoms with E-state index in [4.69, 9.17) is 11.6 Å². The number of thiophene rings is 1. The lowest BCUT2D eigenvalue weighted by Gasteiger charge is -2.11. The third-order valence-electron chi connectivity index (χ3n) is 2.63. The van der Waals surface area contributed by atoms with Gasteiger partial charge in [0.1, 0.15) is 0 Å². The molecule has 1 heterocycles. The Morgan fingerprint density at radius 2 is 1.89 bits per heavy atom. The zero-order chi connectivity index (χ0) is 13.8. The minimum Gasteiger partial charge on any atom is -0.380 e. The number of anilines is 1. The summed E-state index contributed by atoms with van der Waals surface area (Å²) in [6.45, 7) is 0.734. The Labute approximate surface area is 121 Å². The zero-order valence-electron chi connectivity index (χ0n) is 10.8. The quantitative estimate of drug-likeness (QED) is 0.932. The number of benzene rings is 1. The maximum atomic E-state index is 11.7. The first kappa shape index (κ1) is 13.9. The molecule has 2 aromatic rings. The molecule has 1 N–H and O–H groups in total. The topological polar surface area (TPSA) is 32.3 Å². The molecule has 0 spiro atoms. The van der Waals surface area contributed by atoms with Gasteiger partial charge in [-0.25, -0.2) is 0 Å². The Hall–Kier alpha value is -1.52. The summed E-state index contributed by atoms with van der Waals surface area (Å²) in [6, 6.07) is 11.4. The van der Waals surface area contributed by atoms with Crippen LogP contribution in [0.25, 0.3) is 0 Å². The highest BCUT2D eigenvalue weighted by Crippen LogP contribution is 2.22. The number of hydrogen-bond donors (Lipinski definition) is 1. The summed E-state index contributed by atoms with van der Waals surface area (Å²) < 4.78 is 0.795. The predicted octanol–water partition coefficient (Wildman–Crippen LogP) is 3.72. The SMILES string of the molecule is CN(C)C(=O)c1ccc(NCc2ccc(Cl)s2)cc1. The third kappa shape index (κ3) is 3.72. The number of hydrogen-bond acceptors (Lipinski definition) is 3. The molecule has 0 fully saturated rings. The van der Waals surface area contributed by atoms with E-state index >= 15 is 0 Å². The zero-order valence-corrected chi connectivity index (χ0v) is 12.4. The lowest BCUT2D eigenvalue weighted by atomic mass is 10.2. The highest BCUT2D eigenvalue weighted by atomic mass is 35.5. The van der Waals surface area contributed by atoms with Crippen molar-refractivity contribution in [3.05, 3.63) is 51.2 Å². The summed E-state index contributed by atoms with van der Waals surface area (Å²) >= 11 is 7.44. The van der Waals surface area contributed by atoms with Crippen molar-refractivity contribution >= 4 is 34.5 Å². The van der Waals surface area contributed by atoms with Crippen LogP contribution in [-0.4, -0.2) is 24.9 Å². The van der Waals surface area contributed by atoms with Crippen LogP contribution in [0.5, 0.6) is 0 Å². The molecule has 0 saturated heterocycles. The molecule has 1 aromatic carbocycles. The van der Waals surface area contributed by atoms with E-state index in [9.17, 15) is 4.79 Å². The van der Waals surface area contributed by atoms with Gasteiger partial charge in [-0.3, -0.25) is 4.79 Å². The highest BCUT2D eigenvalue weighted by molar-refractivity contribution is 7.16. The maximum absolute atomic E-state index is 11.7. The molecule has 0 radical (unpaired) electrons. The van der Waals surface area contributed by atoms with Gasteiger partial charge in [0.25, 0.3) is 5.91 Å². The molecule has 100 valence electrons. The summed E-state index contributed by atoms with van der Waals surface area (Å²) in [5, 5.41) is 3.30. The van der Waals surface area contributed by atoms with Crippen LogP contribution in [-0.2, 0) is 6.54 Å². The van der Waals surface area contributed by atoms with Crippen LogP contribution in [0.2, 0.25) is 4.34 Å². The molecule has 5 heteroatoms. The number of halogens is 1. The van der Waals surface area contributed by atoms with E-state index in [2.05, 4.69) is 5.32 Å². The average Bonchev–Trinajstić information content (AvgIpc) is 2.82. The van der Waals surface area contributed by atoms with Gasteiger partial charge in [-0.2, -0.15) is 0 Å². The van der Waals surface area contributed by atoms with Crippen molar-refractivity contribution in [3.8, 4) is 0 Å². The predicted molar refractivity (Wildman–Crippen MR) is 81.1 cm³/mol. The Morgan fingerprint density at radius 1 is 1.21 bits per heavy atom. The summed E-state index contributed by atoms with van der Waals surface area (Å²) in [4.78, 5) is 14.5. The van der Waals surface area contributed by atoms with Crippen molar-refractivity contribution < 1.29 is 4.79 Å². The van der Waals surface area contributed by atoms with Gasteiger partial charge in [-0.1, -0.05) is 11.6 Å². The Kier molecular flexibility index (Phi) is 4.45. The van der Waals surface area contributed by atoms with E-state index in [0.29, 0.717) is 5.56 Å². The first-order chi connectivity index (χ1) is 9.06. The molecule has 0 unspecified atom stereocenters. The van der Waals surface area contributed by atoms with E-state index in [0.717, 1.165) is 16.6 Å². The second kappa shape index (κ2) is 6.08. The van der Waals surface area contributed by atoms with E-state index in [1.54, 1.807) is 30.3 Å². The summed E-state index contributed by atoms with van der Waals surface area (Å²) in [5.74, 6) is 0.0107. The van der Waals surface area contributed by atoms with Gasteiger partial charge in [0.2, 0.25) is 0 Å². The van der Waals surface area contributed by atoms with Gasteiger partial charge in [-0.05, 0) is 36.4 Å². The number of nitrogens with one attached hydrogen (secondary N) is 1. The second-order valence-electron chi connectivity index (χ2n) is 4.34. The molecule has 0 aliphatic heterocycles. The lowest BCUT2D eigenvalue weighted by molar-refractivity contribution is 0.0827. The molecule has 1 amide bonds. The van der Waals surface area contributed by atoms with Gasteiger partial charge < -0.3 is 10.2 Å². The van der Waals surface area contributed by atoms with Crippen molar-refractivity contribution in [3.63, 3.8) is 0 Å². The summed E-state index contributed by atoms with van der Waals surface area (Å²) in [5.41, 5.74) is 1.68. The molecule has 19 heavy (non-hydrogen) atoms. The molecular weight excluding hydrogens is 280 g/mol. The number of amides is 1. The molecule has 3 nitrogen and oxygen atoms in total. The lowest BCUT2D eigenvalue weighted by Crippen LogP contribution is -2.21. The maximum Gasteiger partial charge on any atom is 0.253 e. The van der Waals surface area contributed by atoms with Crippen molar-refractivity contribution in [1.82, 2.24) is 4.90 Å². The van der Waals surface area contributed by atoms with Crippen LogP contribution in [0.15, 0.2) is 36.4 Å². The molecule has 0 atom stereocenters. The van der Waals surface area contributed by atoms with Gasteiger partial charge in [-0.15, -0.1) is 11.3 Å². The average molecular weight is 295 g/mol. The largest absolute Gasteiger partial charge is 0.380 e. The fourth-order valence-corrected chi connectivity index (χ4v) is 2.65. The van der Waals surface area contributed by atoms with E-state index in [1.807, 2.05) is 36.4 Å². The van der Waals surface area contributed by atoms with Crippen molar-refractivity contribution in [2.75, 3.05) is 19.4 Å². The van der Waals surface area contributed by atoms with E-state index in [-0.39, 0.29) is 5.91 Å². The molecule has 1 aromatic heterocycles. The van der Waals surface area contributed by atoms with Crippen molar-refractivity contribution in [2.45, 2.75) is 6.54 Å². The van der Waals surface area contributed by atoms with Crippen LogP contribution in [0.4, 0.5) is 5.69 Å². The highest BCUT2D eigenvalue weighted by Gasteiger charge is 2.07. The Bertz CT molecular complexity index is 563. The number of nitrogens with zero attached hydrogens (tertiary/aromatic N) is 1. The monoisotopic (exact) mass is 294 g/mol. The van der Waals surface area contributed by atoms with Crippen LogP contribution in [0, 0.1) is 0 Å². The molecule has 0 bridgehead atoms. The fourth-order valence-electron chi connectivity index (χ4n) is 1.62. The molecule has 2 rings (SSSR count). The Morgan fingerprint density at radius 3 is 2.42 bits per heavy atom. The standard InChI is InChI=1S/C14H15ClN2OS/c1-17(2)14(18)10-3-5-11(6-4-10)16-9-12-7-8-13(15)19-12/h3-8,16H,9H2,1-2H3. The number of carbonyl (C=O) groups excluding carboxylic acids is 1. The second-order valence-corrected chi connectivity index (χ2v) is 6.14. The van der Waals surface area contributed by atoms with Crippen molar-refractivity contribution in [1.29, 1.82) is 0 Å². The summed E-state index contributed by atoms with van der Waals surface area (Å²) in [7, 11) is 3.49. The van der Waals surface area contributed by atoms with Gasteiger partial charge in [0, 0.05) is 36.8 Å². The van der Waals surface area contributed by atoms with Gasteiger partial charge in [0.05, 0.1) is 4.34 Å². The molecule has 0 aliphatic carbocycles. The Balaban J connectivity index is 1.97. The first-order valence-corrected chi connectivity index (χ1v) is 7.05. The third-order valence-corrected chi connectivity index (χ3v) is 3.86.